The van der Waals surface area contributed by atoms with Crippen LogP contribution in [0.4, 0.5) is 4.39 Å². The Bertz CT molecular complexity index is 811. The molecule has 0 amide bonds. The number of halogens is 1. The van der Waals surface area contributed by atoms with Gasteiger partial charge in [-0.2, -0.15) is 0 Å². The highest BCUT2D eigenvalue weighted by atomic mass is 28.4. The number of unbranched alkanes of at least 4 members (excludes halogenated alkanes) is 3. The molecule has 0 aliphatic rings. The maximum atomic E-state index is 12.3. The van der Waals surface area contributed by atoms with Crippen molar-refractivity contribution in [1.29, 1.82) is 0 Å². The number of hydrogen-bond donors (Lipinski definition) is 0. The molecule has 4 nitrogen and oxygen atoms in total. The average molecular weight is 445 g/mol. The highest BCUT2D eigenvalue weighted by Gasteiger charge is 2.12. The molecule has 0 unspecified atom stereocenters. The van der Waals surface area contributed by atoms with Crippen molar-refractivity contribution in [1.82, 2.24) is 0 Å². The lowest BCUT2D eigenvalue weighted by Gasteiger charge is -2.16. The maximum Gasteiger partial charge on any atom is 0.228 e. The summed E-state index contributed by atoms with van der Waals surface area (Å²) in [6, 6.07) is 14.1. The Morgan fingerprint density at radius 1 is 0.839 bits per heavy atom. The van der Waals surface area contributed by atoms with Gasteiger partial charge in [0.2, 0.25) is 6.86 Å². The molecule has 0 spiro atoms. The largest absolute Gasteiger partial charge is 0.494 e. The van der Waals surface area contributed by atoms with Crippen LogP contribution in [0.5, 0.6) is 11.5 Å². The van der Waals surface area contributed by atoms with E-state index in [0.29, 0.717) is 17.9 Å². The number of ketones is 1. The Labute approximate surface area is 186 Å². The van der Waals surface area contributed by atoms with Gasteiger partial charge in [0.1, 0.15) is 11.5 Å². The van der Waals surface area contributed by atoms with Crippen molar-refractivity contribution in [3.63, 3.8) is 0 Å². The number of carbonyl (C=O) groups excluding carboxylic acids is 1. The van der Waals surface area contributed by atoms with E-state index in [-0.39, 0.29) is 5.78 Å². The first kappa shape index (κ1) is 24.8. The summed E-state index contributed by atoms with van der Waals surface area (Å²) < 4.78 is 28.5. The Kier molecular flexibility index (Phi) is 10.5. The van der Waals surface area contributed by atoms with E-state index in [1.54, 1.807) is 42.5 Å². The van der Waals surface area contributed by atoms with Crippen LogP contribution in [0.3, 0.4) is 0 Å². The molecule has 0 aromatic heterocycles. The quantitative estimate of drug-likeness (QED) is 0.141. The van der Waals surface area contributed by atoms with Crippen LogP contribution in [0.15, 0.2) is 54.6 Å². The van der Waals surface area contributed by atoms with E-state index in [1.165, 1.54) is 6.08 Å². The van der Waals surface area contributed by atoms with Gasteiger partial charge in [0.25, 0.3) is 0 Å². The molecule has 168 valence electrons. The summed E-state index contributed by atoms with van der Waals surface area (Å²) in [5, 5.41) is 0. The maximum absolute atomic E-state index is 12.3. The molecule has 0 saturated heterocycles. The molecule has 2 rings (SSSR count). The lowest BCUT2D eigenvalue weighted by molar-refractivity contribution is 0.104. The summed E-state index contributed by atoms with van der Waals surface area (Å²) in [6.07, 6.45) is 7.62. The number of ether oxygens (including phenoxy) is 2. The minimum Gasteiger partial charge on any atom is -0.494 e. The van der Waals surface area contributed by atoms with Crippen molar-refractivity contribution >= 4 is 20.2 Å². The van der Waals surface area contributed by atoms with Crippen molar-refractivity contribution < 1.29 is 23.1 Å². The van der Waals surface area contributed by atoms with Crippen LogP contribution in [-0.2, 0) is 4.43 Å². The van der Waals surface area contributed by atoms with Gasteiger partial charge in [-0.1, -0.05) is 24.6 Å². The van der Waals surface area contributed by atoms with E-state index < -0.39 is 15.2 Å². The van der Waals surface area contributed by atoms with Crippen LogP contribution >= 0.6 is 0 Å². The first-order valence-electron chi connectivity index (χ1n) is 10.8. The molecule has 0 aliphatic carbocycles. The third kappa shape index (κ3) is 10.4. The molecule has 0 heterocycles. The molecule has 0 N–H and O–H groups in total. The van der Waals surface area contributed by atoms with Crippen LogP contribution in [0.25, 0.3) is 6.08 Å². The first-order chi connectivity index (χ1) is 14.9. The summed E-state index contributed by atoms with van der Waals surface area (Å²) in [5.74, 6) is 1.14. The van der Waals surface area contributed by atoms with Gasteiger partial charge in [0.05, 0.1) is 6.61 Å². The lowest BCUT2D eigenvalue weighted by Crippen LogP contribution is -2.25. The summed E-state index contributed by atoms with van der Waals surface area (Å²) in [5.41, 5.74) is 1.44. The first-order valence-corrected chi connectivity index (χ1v) is 14.2. The van der Waals surface area contributed by atoms with Crippen molar-refractivity contribution in [2.24, 2.45) is 0 Å². The molecule has 0 bridgehead atoms. The van der Waals surface area contributed by atoms with Crippen molar-refractivity contribution in [3.8, 4) is 11.5 Å². The van der Waals surface area contributed by atoms with E-state index in [2.05, 4.69) is 19.6 Å². The molecule has 0 atom stereocenters. The molecule has 6 heteroatoms. The van der Waals surface area contributed by atoms with Gasteiger partial charge in [0, 0.05) is 12.2 Å². The van der Waals surface area contributed by atoms with Gasteiger partial charge in [-0.25, -0.2) is 4.39 Å². The molecule has 2 aromatic rings. The van der Waals surface area contributed by atoms with E-state index in [0.717, 1.165) is 43.6 Å². The topological polar surface area (TPSA) is 44.8 Å². The van der Waals surface area contributed by atoms with Gasteiger partial charge >= 0.3 is 0 Å². The standard InChI is InChI=1S/C25H33FO4Si/c1-31(2,3)30-19-7-5-4-6-18-28-23-15-11-22(12-16-23)25(27)17-10-21-8-13-24(14-9-21)29-20-26/h8-17H,4-7,18-20H2,1-3H3. The van der Waals surface area contributed by atoms with Gasteiger partial charge in [0.15, 0.2) is 14.1 Å². The molecule has 0 saturated carbocycles. The number of allylic oxidation sites excluding steroid dienone is 1. The number of alkyl halides is 1. The summed E-state index contributed by atoms with van der Waals surface area (Å²) >= 11 is 0. The molecule has 0 fully saturated rings. The monoisotopic (exact) mass is 444 g/mol. The molecule has 0 radical (unpaired) electrons. The van der Waals surface area contributed by atoms with Crippen molar-refractivity contribution in [2.45, 2.75) is 45.3 Å². The predicted molar refractivity (Wildman–Crippen MR) is 126 cm³/mol. The highest BCUT2D eigenvalue weighted by molar-refractivity contribution is 6.69. The van der Waals surface area contributed by atoms with Crippen LogP contribution in [0.1, 0.15) is 41.6 Å². The zero-order chi connectivity index (χ0) is 22.5. The second-order valence-corrected chi connectivity index (χ2v) is 12.8. The Hall–Kier alpha value is -2.44. The van der Waals surface area contributed by atoms with Crippen LogP contribution in [0.2, 0.25) is 19.6 Å². The van der Waals surface area contributed by atoms with Crippen LogP contribution in [0, 0.1) is 0 Å². The van der Waals surface area contributed by atoms with Gasteiger partial charge in [-0.3, -0.25) is 4.79 Å². The summed E-state index contributed by atoms with van der Waals surface area (Å²) in [4.78, 5) is 12.3. The lowest BCUT2D eigenvalue weighted by atomic mass is 10.1. The fourth-order valence-corrected chi connectivity index (χ4v) is 3.60. The summed E-state index contributed by atoms with van der Waals surface area (Å²) in [6.45, 7) is 7.30. The van der Waals surface area contributed by atoms with Crippen molar-refractivity contribution in [3.05, 3.63) is 65.7 Å². The van der Waals surface area contributed by atoms with Crippen molar-refractivity contribution in [2.75, 3.05) is 20.1 Å². The third-order valence-corrected chi connectivity index (χ3v) is 5.58. The predicted octanol–water partition coefficient (Wildman–Crippen LogP) is 6.68. The van der Waals surface area contributed by atoms with E-state index in [4.69, 9.17) is 13.9 Å². The number of benzene rings is 2. The number of rotatable bonds is 14. The normalized spacial score (nSPS) is 11.6. The van der Waals surface area contributed by atoms with Crippen LogP contribution in [-0.4, -0.2) is 34.2 Å². The van der Waals surface area contributed by atoms with Crippen LogP contribution < -0.4 is 9.47 Å². The summed E-state index contributed by atoms with van der Waals surface area (Å²) in [7, 11) is -1.39. The Morgan fingerprint density at radius 3 is 2.03 bits per heavy atom. The Morgan fingerprint density at radius 2 is 1.42 bits per heavy atom. The molecule has 2 aromatic carbocycles. The average Bonchev–Trinajstić information content (AvgIpc) is 2.75. The highest BCUT2D eigenvalue weighted by Crippen LogP contribution is 2.16. The zero-order valence-electron chi connectivity index (χ0n) is 18.7. The molecular weight excluding hydrogens is 411 g/mol. The van der Waals surface area contributed by atoms with Gasteiger partial charge < -0.3 is 13.9 Å². The zero-order valence-corrected chi connectivity index (χ0v) is 19.7. The minimum atomic E-state index is -1.39. The third-order valence-electron chi connectivity index (χ3n) is 4.51. The second kappa shape index (κ2) is 13.1. The smallest absolute Gasteiger partial charge is 0.228 e. The number of hydrogen-bond acceptors (Lipinski definition) is 4. The molecule has 0 aliphatic heterocycles. The SMILES string of the molecule is C[Si](C)(C)OCCCCCCOc1ccc(C(=O)C=Cc2ccc(OCF)cc2)cc1. The minimum absolute atomic E-state index is 0.0869. The fourth-order valence-electron chi connectivity index (χ4n) is 2.85. The molecular formula is C25H33FO4Si. The van der Waals surface area contributed by atoms with Gasteiger partial charge in [-0.15, -0.1) is 0 Å². The molecule has 31 heavy (non-hydrogen) atoms. The Balaban J connectivity index is 1.68. The van der Waals surface area contributed by atoms with Gasteiger partial charge in [-0.05, 0) is 86.9 Å². The fraction of sp³-hybridized carbons (Fsp3) is 0.400. The van der Waals surface area contributed by atoms with E-state index >= 15 is 0 Å². The second-order valence-electron chi connectivity index (χ2n) is 8.27. The number of carbonyl (C=O) groups is 1. The van der Waals surface area contributed by atoms with E-state index in [1.807, 2.05) is 12.1 Å². The van der Waals surface area contributed by atoms with E-state index in [9.17, 15) is 9.18 Å².